The van der Waals surface area contributed by atoms with E-state index in [-0.39, 0.29) is 6.42 Å². The Bertz CT molecular complexity index is 392. The van der Waals surface area contributed by atoms with E-state index < -0.39 is 17.7 Å². The largest absolute Gasteiger partial charge is 0.480 e. The number of rotatable bonds is 4. The molecule has 0 aliphatic rings. The SMILES string of the molecule is [B]C(=O)c1cccc(C[C@H](N)C(=O)O)c1. The van der Waals surface area contributed by atoms with Crippen molar-refractivity contribution < 1.29 is 14.7 Å². The van der Waals surface area contributed by atoms with Crippen molar-refractivity contribution in [3.05, 3.63) is 35.4 Å². The van der Waals surface area contributed by atoms with Gasteiger partial charge in [0.1, 0.15) is 11.7 Å². The summed E-state index contributed by atoms with van der Waals surface area (Å²) in [5, 5.41) is 8.61. The van der Waals surface area contributed by atoms with Crippen LogP contribution in [0.1, 0.15) is 15.9 Å². The van der Waals surface area contributed by atoms with E-state index in [1.54, 1.807) is 24.3 Å². The van der Waals surface area contributed by atoms with Crippen LogP contribution < -0.4 is 5.73 Å². The van der Waals surface area contributed by atoms with Gasteiger partial charge in [-0.25, -0.2) is 0 Å². The summed E-state index contributed by atoms with van der Waals surface area (Å²) in [5.41, 5.74) is 5.85. The Morgan fingerprint density at radius 2 is 2.13 bits per heavy atom. The van der Waals surface area contributed by atoms with E-state index in [1.165, 1.54) is 0 Å². The van der Waals surface area contributed by atoms with Gasteiger partial charge < -0.3 is 15.6 Å². The molecule has 1 aromatic carbocycles. The van der Waals surface area contributed by atoms with Crippen LogP contribution in [0.25, 0.3) is 0 Å². The first-order valence-corrected chi connectivity index (χ1v) is 4.38. The van der Waals surface area contributed by atoms with E-state index in [9.17, 15) is 9.59 Å². The van der Waals surface area contributed by atoms with Gasteiger partial charge in [0.2, 0.25) is 0 Å². The van der Waals surface area contributed by atoms with Crippen LogP contribution in [-0.4, -0.2) is 30.6 Å². The third-order valence-electron chi connectivity index (χ3n) is 1.98. The van der Waals surface area contributed by atoms with E-state index >= 15 is 0 Å². The average Bonchev–Trinajstić information content (AvgIpc) is 2.18. The third-order valence-corrected chi connectivity index (χ3v) is 1.98. The second-order valence-electron chi connectivity index (χ2n) is 3.21. The van der Waals surface area contributed by atoms with Gasteiger partial charge in [0.05, 0.1) is 0 Å². The molecule has 0 saturated carbocycles. The lowest BCUT2D eigenvalue weighted by molar-refractivity contribution is -0.138. The fraction of sp³-hybridized carbons (Fsp3) is 0.200. The van der Waals surface area contributed by atoms with Crippen LogP contribution in [0.3, 0.4) is 0 Å². The fourth-order valence-electron chi connectivity index (χ4n) is 1.19. The Labute approximate surface area is 88.5 Å². The van der Waals surface area contributed by atoms with Gasteiger partial charge in [0.25, 0.3) is 0 Å². The predicted octanol–water partition coefficient (Wildman–Crippen LogP) is -0.0503. The summed E-state index contributed by atoms with van der Waals surface area (Å²) in [6, 6.07) is 5.50. The van der Waals surface area contributed by atoms with Crippen molar-refractivity contribution in [2.75, 3.05) is 0 Å². The molecule has 3 N–H and O–H groups in total. The van der Waals surface area contributed by atoms with Crippen LogP contribution in [0.15, 0.2) is 24.3 Å². The van der Waals surface area contributed by atoms with Crippen molar-refractivity contribution in [3.8, 4) is 0 Å². The second kappa shape index (κ2) is 4.75. The first-order valence-electron chi connectivity index (χ1n) is 4.38. The number of aliphatic carboxylic acids is 1. The van der Waals surface area contributed by atoms with Gasteiger partial charge in [-0.2, -0.15) is 0 Å². The van der Waals surface area contributed by atoms with Crippen molar-refractivity contribution in [3.63, 3.8) is 0 Å². The average molecular weight is 203 g/mol. The summed E-state index contributed by atoms with van der Waals surface area (Å²) in [4.78, 5) is 21.4. The van der Waals surface area contributed by atoms with Crippen molar-refractivity contribution in [1.82, 2.24) is 0 Å². The number of benzene rings is 1. The van der Waals surface area contributed by atoms with Gasteiger partial charge in [-0.1, -0.05) is 18.2 Å². The van der Waals surface area contributed by atoms with E-state index in [2.05, 4.69) is 0 Å². The van der Waals surface area contributed by atoms with Crippen molar-refractivity contribution in [2.24, 2.45) is 5.73 Å². The van der Waals surface area contributed by atoms with E-state index in [1.807, 2.05) is 0 Å². The molecule has 1 aromatic rings. The summed E-state index contributed by atoms with van der Waals surface area (Å²) in [6.45, 7) is 0. The fourth-order valence-corrected chi connectivity index (χ4v) is 1.19. The van der Waals surface area contributed by atoms with Gasteiger partial charge >= 0.3 is 5.97 Å². The highest BCUT2D eigenvalue weighted by Crippen LogP contribution is 2.07. The maximum atomic E-state index is 10.8. The maximum absolute atomic E-state index is 10.8. The quantitative estimate of drug-likeness (QED) is 0.672. The molecule has 0 saturated heterocycles. The van der Waals surface area contributed by atoms with Gasteiger partial charge in [-0.15, -0.1) is 0 Å². The topological polar surface area (TPSA) is 80.4 Å². The van der Waals surface area contributed by atoms with E-state index in [0.717, 1.165) is 0 Å². The molecule has 5 heteroatoms. The van der Waals surface area contributed by atoms with Crippen LogP contribution in [-0.2, 0) is 11.2 Å². The van der Waals surface area contributed by atoms with Crippen LogP contribution in [0.2, 0.25) is 0 Å². The Balaban J connectivity index is 2.82. The Morgan fingerprint density at radius 1 is 1.47 bits per heavy atom. The molecule has 4 nitrogen and oxygen atoms in total. The van der Waals surface area contributed by atoms with Gasteiger partial charge in [0.15, 0.2) is 7.85 Å². The number of hydrogen-bond donors (Lipinski definition) is 2. The van der Waals surface area contributed by atoms with Crippen molar-refractivity contribution in [1.29, 1.82) is 0 Å². The summed E-state index contributed by atoms with van der Waals surface area (Å²) in [7, 11) is 5.09. The molecule has 0 aliphatic carbocycles. The number of carboxylic acids is 1. The summed E-state index contributed by atoms with van der Waals surface area (Å²) < 4.78 is 0. The van der Waals surface area contributed by atoms with Gasteiger partial charge in [0, 0.05) is 5.56 Å². The molecule has 0 fully saturated rings. The minimum atomic E-state index is -1.07. The molecule has 1 atom stereocenters. The molecular weight excluding hydrogens is 193 g/mol. The lowest BCUT2D eigenvalue weighted by atomic mass is 9.92. The second-order valence-corrected chi connectivity index (χ2v) is 3.21. The molecule has 0 spiro atoms. The van der Waals surface area contributed by atoms with Gasteiger partial charge in [-0.05, 0) is 18.1 Å². The third kappa shape index (κ3) is 3.21. The summed E-state index contributed by atoms with van der Waals surface area (Å²) in [5.74, 6) is -1.07. The number of carbonyl (C=O) groups excluding carboxylic acids is 1. The van der Waals surface area contributed by atoms with Gasteiger partial charge in [-0.3, -0.25) is 4.79 Å². The van der Waals surface area contributed by atoms with Crippen molar-refractivity contribution in [2.45, 2.75) is 12.5 Å². The molecule has 1 rings (SSSR count). The molecule has 2 radical (unpaired) electrons. The Hall–Kier alpha value is -1.62. The zero-order valence-corrected chi connectivity index (χ0v) is 8.01. The first-order chi connectivity index (χ1) is 7.00. The molecule has 0 heterocycles. The highest BCUT2D eigenvalue weighted by atomic mass is 16.4. The summed E-state index contributed by atoms with van der Waals surface area (Å²) in [6.07, 6.45) is 0.177. The van der Waals surface area contributed by atoms with Crippen LogP contribution in [0, 0.1) is 0 Å². The standard InChI is InChI=1S/C10H10BNO3/c11-9(13)7-3-1-2-6(4-7)5-8(12)10(14)15/h1-4,8H,5,12H2,(H,14,15)/t8-/m0/s1. The molecule has 0 bridgehead atoms. The van der Waals surface area contributed by atoms with Crippen LogP contribution in [0.5, 0.6) is 0 Å². The minimum Gasteiger partial charge on any atom is -0.480 e. The highest BCUT2D eigenvalue weighted by molar-refractivity contribution is 6.62. The number of carbonyl (C=O) groups is 2. The Kier molecular flexibility index (Phi) is 3.63. The molecule has 15 heavy (non-hydrogen) atoms. The van der Waals surface area contributed by atoms with Crippen LogP contribution >= 0.6 is 0 Å². The molecule has 76 valence electrons. The van der Waals surface area contributed by atoms with Crippen molar-refractivity contribution >= 4 is 19.5 Å². The van der Waals surface area contributed by atoms with Crippen LogP contribution in [0.4, 0.5) is 0 Å². The number of hydrogen-bond acceptors (Lipinski definition) is 3. The monoisotopic (exact) mass is 203 g/mol. The minimum absolute atomic E-state index is 0.177. The molecule has 0 aliphatic heterocycles. The van der Waals surface area contributed by atoms with E-state index in [0.29, 0.717) is 11.1 Å². The lowest BCUT2D eigenvalue weighted by Crippen LogP contribution is -2.32. The Morgan fingerprint density at radius 3 is 2.67 bits per heavy atom. The smallest absolute Gasteiger partial charge is 0.320 e. The van der Waals surface area contributed by atoms with E-state index in [4.69, 9.17) is 18.7 Å². The number of carboxylic acid groups (broad SMARTS) is 1. The highest BCUT2D eigenvalue weighted by Gasteiger charge is 2.12. The molecule has 0 unspecified atom stereocenters. The number of nitrogens with two attached hydrogens (primary N) is 1. The molecule has 0 amide bonds. The lowest BCUT2D eigenvalue weighted by Gasteiger charge is -2.07. The zero-order valence-electron chi connectivity index (χ0n) is 8.01. The predicted molar refractivity (Wildman–Crippen MR) is 55.8 cm³/mol. The first kappa shape index (κ1) is 11.5. The maximum Gasteiger partial charge on any atom is 0.320 e. The normalized spacial score (nSPS) is 12.1. The molecule has 0 aromatic heterocycles. The zero-order chi connectivity index (χ0) is 11.4. The molecular formula is C10H10BNO3. The summed E-state index contributed by atoms with van der Waals surface area (Å²) >= 11 is 0.